The Morgan fingerprint density at radius 2 is 2.50 bits per heavy atom. The van der Waals surface area contributed by atoms with Crippen LogP contribution in [0, 0.1) is 0 Å². The van der Waals surface area contributed by atoms with Crippen LogP contribution in [0.1, 0.15) is 19.8 Å². The first-order valence-corrected chi connectivity index (χ1v) is 5.25. The summed E-state index contributed by atoms with van der Waals surface area (Å²) in [6, 6.07) is 0.118. The van der Waals surface area contributed by atoms with Crippen molar-refractivity contribution in [3.05, 3.63) is 36.0 Å². The number of rotatable bonds is 1. The molecular weight excluding hydrogens is 174 g/mol. The minimum absolute atomic E-state index is 0.118. The predicted molar refractivity (Wildman–Crippen MR) is 58.0 cm³/mol. The van der Waals surface area contributed by atoms with Gasteiger partial charge in [-0.1, -0.05) is 30.4 Å². The molecule has 2 nitrogen and oxygen atoms in total. The molecule has 2 N–H and O–H groups in total. The Morgan fingerprint density at radius 1 is 1.64 bits per heavy atom. The summed E-state index contributed by atoms with van der Waals surface area (Å²) >= 11 is 0. The Bertz CT molecular complexity index is 303. The number of hydrogen-bond donors (Lipinski definition) is 2. The van der Waals surface area contributed by atoms with Crippen LogP contribution >= 0.6 is 0 Å². The lowest BCUT2D eigenvalue weighted by atomic mass is 9.84. The van der Waals surface area contributed by atoms with Crippen LogP contribution in [0.15, 0.2) is 36.0 Å². The van der Waals surface area contributed by atoms with Crippen molar-refractivity contribution in [1.29, 1.82) is 0 Å². The van der Waals surface area contributed by atoms with Gasteiger partial charge < -0.3 is 10.4 Å². The monoisotopic (exact) mass is 191 g/mol. The van der Waals surface area contributed by atoms with E-state index in [0.29, 0.717) is 0 Å². The second-order valence-electron chi connectivity index (χ2n) is 3.97. The van der Waals surface area contributed by atoms with Gasteiger partial charge in [0.1, 0.15) is 5.60 Å². The zero-order valence-electron chi connectivity index (χ0n) is 8.53. The van der Waals surface area contributed by atoms with Crippen LogP contribution in [-0.4, -0.2) is 23.3 Å². The molecule has 1 saturated heterocycles. The highest BCUT2D eigenvalue weighted by molar-refractivity contribution is 5.43. The molecule has 1 heterocycles. The number of nitrogens with one attached hydrogen (secondary N) is 1. The van der Waals surface area contributed by atoms with Crippen LogP contribution in [0.3, 0.4) is 0 Å². The number of hydrogen-bond acceptors (Lipinski definition) is 2. The van der Waals surface area contributed by atoms with Gasteiger partial charge in [0, 0.05) is 0 Å². The zero-order valence-corrected chi connectivity index (χ0v) is 8.53. The van der Waals surface area contributed by atoms with E-state index in [-0.39, 0.29) is 6.04 Å². The maximum atomic E-state index is 10.5. The summed E-state index contributed by atoms with van der Waals surface area (Å²) in [7, 11) is 0. The van der Waals surface area contributed by atoms with Crippen molar-refractivity contribution in [1.82, 2.24) is 5.32 Å². The largest absolute Gasteiger partial charge is 0.383 e. The first-order valence-electron chi connectivity index (χ1n) is 5.25. The number of allylic oxidation sites excluding steroid dienone is 3. The Hall–Kier alpha value is -0.860. The van der Waals surface area contributed by atoms with Crippen LogP contribution < -0.4 is 5.32 Å². The van der Waals surface area contributed by atoms with Crippen molar-refractivity contribution in [2.45, 2.75) is 31.4 Å². The molecule has 0 spiro atoms. The minimum atomic E-state index is -0.655. The van der Waals surface area contributed by atoms with Crippen molar-refractivity contribution < 1.29 is 5.11 Å². The molecular formula is C12H17NO. The van der Waals surface area contributed by atoms with Gasteiger partial charge in [-0.2, -0.15) is 0 Å². The van der Waals surface area contributed by atoms with Crippen LogP contribution in [0.5, 0.6) is 0 Å². The SMILES string of the molecule is CC=CC=C1C=CC2NCCCC12O. The molecule has 2 aliphatic rings. The predicted octanol–water partition coefficient (Wildman–Crippen LogP) is 1.54. The molecule has 76 valence electrons. The maximum absolute atomic E-state index is 10.5. The van der Waals surface area contributed by atoms with E-state index >= 15 is 0 Å². The molecule has 14 heavy (non-hydrogen) atoms. The summed E-state index contributed by atoms with van der Waals surface area (Å²) in [5.74, 6) is 0. The second-order valence-corrected chi connectivity index (χ2v) is 3.97. The van der Waals surface area contributed by atoms with E-state index in [9.17, 15) is 5.11 Å². The zero-order chi connectivity index (χ0) is 10.0. The first kappa shape index (κ1) is 9.69. The average molecular weight is 191 g/mol. The third-order valence-corrected chi connectivity index (χ3v) is 3.05. The first-order chi connectivity index (χ1) is 6.77. The van der Waals surface area contributed by atoms with Gasteiger partial charge in [0.05, 0.1) is 6.04 Å². The second kappa shape index (κ2) is 3.71. The average Bonchev–Trinajstić information content (AvgIpc) is 2.52. The van der Waals surface area contributed by atoms with E-state index in [1.54, 1.807) is 0 Å². The Balaban J connectivity index is 2.25. The van der Waals surface area contributed by atoms with Crippen molar-refractivity contribution in [3.8, 4) is 0 Å². The molecule has 0 aromatic rings. The fraction of sp³-hybridized carbons (Fsp3) is 0.500. The summed E-state index contributed by atoms with van der Waals surface area (Å²) < 4.78 is 0. The van der Waals surface area contributed by atoms with Gasteiger partial charge in [0.15, 0.2) is 0 Å². The van der Waals surface area contributed by atoms with Crippen LogP contribution in [-0.2, 0) is 0 Å². The van der Waals surface area contributed by atoms with Crippen LogP contribution in [0.25, 0.3) is 0 Å². The van der Waals surface area contributed by atoms with Crippen molar-refractivity contribution in [3.63, 3.8) is 0 Å². The highest BCUT2D eigenvalue weighted by atomic mass is 16.3. The van der Waals surface area contributed by atoms with E-state index in [0.717, 1.165) is 25.0 Å². The molecule has 1 fully saturated rings. The third kappa shape index (κ3) is 1.45. The van der Waals surface area contributed by atoms with Gasteiger partial charge in [0.25, 0.3) is 0 Å². The maximum Gasteiger partial charge on any atom is 0.108 e. The fourth-order valence-electron chi connectivity index (χ4n) is 2.23. The van der Waals surface area contributed by atoms with Gasteiger partial charge in [0.2, 0.25) is 0 Å². The quantitative estimate of drug-likeness (QED) is 0.659. The van der Waals surface area contributed by atoms with Crippen molar-refractivity contribution in [2.24, 2.45) is 0 Å². The lowest BCUT2D eigenvalue weighted by molar-refractivity contribution is 0.0361. The normalized spacial score (nSPS) is 39.6. The highest BCUT2D eigenvalue weighted by Gasteiger charge is 2.42. The Kier molecular flexibility index (Phi) is 2.57. The van der Waals surface area contributed by atoms with Gasteiger partial charge >= 0.3 is 0 Å². The Labute approximate surface area is 85.0 Å². The molecule has 1 aliphatic heterocycles. The van der Waals surface area contributed by atoms with Crippen molar-refractivity contribution >= 4 is 0 Å². The standard InChI is InChI=1S/C12H17NO/c1-2-3-5-10-6-7-11-12(10,14)8-4-9-13-11/h2-3,5-7,11,13-14H,4,8-9H2,1H3. The number of fused-ring (bicyclic) bond motifs is 1. The summed E-state index contributed by atoms with van der Waals surface area (Å²) in [6.07, 6.45) is 12.0. The molecule has 1 aliphatic carbocycles. The van der Waals surface area contributed by atoms with Gasteiger partial charge in [-0.25, -0.2) is 0 Å². The molecule has 0 aromatic heterocycles. The van der Waals surface area contributed by atoms with Gasteiger partial charge in [-0.15, -0.1) is 0 Å². The smallest absolute Gasteiger partial charge is 0.108 e. The van der Waals surface area contributed by atoms with Crippen molar-refractivity contribution in [2.75, 3.05) is 6.54 Å². The van der Waals surface area contributed by atoms with E-state index in [1.807, 2.05) is 31.2 Å². The molecule has 0 amide bonds. The molecule has 2 atom stereocenters. The third-order valence-electron chi connectivity index (χ3n) is 3.05. The van der Waals surface area contributed by atoms with E-state index in [2.05, 4.69) is 11.4 Å². The number of piperidine rings is 1. The topological polar surface area (TPSA) is 32.3 Å². The summed E-state index contributed by atoms with van der Waals surface area (Å²) in [5.41, 5.74) is 0.380. The molecule has 2 unspecified atom stereocenters. The van der Waals surface area contributed by atoms with E-state index in [1.165, 1.54) is 0 Å². The van der Waals surface area contributed by atoms with Gasteiger partial charge in [-0.05, 0) is 31.9 Å². The Morgan fingerprint density at radius 3 is 3.29 bits per heavy atom. The van der Waals surface area contributed by atoms with E-state index in [4.69, 9.17) is 0 Å². The number of aliphatic hydroxyl groups is 1. The summed E-state index contributed by atoms with van der Waals surface area (Å²) in [4.78, 5) is 0. The van der Waals surface area contributed by atoms with E-state index < -0.39 is 5.60 Å². The molecule has 2 rings (SSSR count). The van der Waals surface area contributed by atoms with Crippen LogP contribution in [0.2, 0.25) is 0 Å². The summed E-state index contributed by atoms with van der Waals surface area (Å²) in [5, 5.41) is 13.8. The molecule has 0 radical (unpaired) electrons. The molecule has 0 bridgehead atoms. The molecule has 2 heteroatoms. The highest BCUT2D eigenvalue weighted by Crippen LogP contribution is 2.35. The van der Waals surface area contributed by atoms with Crippen LogP contribution in [0.4, 0.5) is 0 Å². The minimum Gasteiger partial charge on any atom is -0.383 e. The fourth-order valence-corrected chi connectivity index (χ4v) is 2.23. The molecule has 0 aromatic carbocycles. The summed E-state index contributed by atoms with van der Waals surface area (Å²) in [6.45, 7) is 2.99. The lowest BCUT2D eigenvalue weighted by Crippen LogP contribution is -2.52. The lowest BCUT2D eigenvalue weighted by Gasteiger charge is -2.36. The molecule has 0 saturated carbocycles. The van der Waals surface area contributed by atoms with Gasteiger partial charge in [-0.3, -0.25) is 0 Å².